The number of amides is 1. The van der Waals surface area contributed by atoms with Crippen LogP contribution in [0.1, 0.15) is 23.2 Å². The summed E-state index contributed by atoms with van der Waals surface area (Å²) in [6.07, 6.45) is -3.25. The number of carbonyl (C=O) groups excluding carboxylic acids is 2. The van der Waals surface area contributed by atoms with Crippen molar-refractivity contribution in [2.45, 2.75) is 19.0 Å². The number of hydrogen-bond donors (Lipinski definition) is 1. The number of nitrogens with zero attached hydrogens (tertiary/aromatic N) is 1. The third kappa shape index (κ3) is 5.79. The summed E-state index contributed by atoms with van der Waals surface area (Å²) in [7, 11) is 0. The average molecular weight is 363 g/mol. The number of ketones is 1. The van der Waals surface area contributed by atoms with Crippen molar-refractivity contribution >= 4 is 23.3 Å². The maximum atomic E-state index is 12.4. The second kappa shape index (κ2) is 7.98. The van der Waals surface area contributed by atoms with Gasteiger partial charge in [-0.05, 0) is 50.2 Å². The predicted molar refractivity (Wildman–Crippen MR) is 84.0 cm³/mol. The predicted octanol–water partition coefficient (Wildman–Crippen LogP) is 2.91. The molecule has 24 heavy (non-hydrogen) atoms. The number of likely N-dealkylation sites (tertiary alicyclic amines) is 1. The molecule has 0 bridgehead atoms. The third-order valence-electron chi connectivity index (χ3n) is 3.94. The number of hydrogen-bond acceptors (Lipinski definition) is 3. The molecule has 0 aliphatic carbocycles. The van der Waals surface area contributed by atoms with Crippen molar-refractivity contribution in [2.24, 2.45) is 5.92 Å². The summed E-state index contributed by atoms with van der Waals surface area (Å²) in [5, 5.41) is 2.41. The van der Waals surface area contributed by atoms with Crippen molar-refractivity contribution in [3.63, 3.8) is 0 Å². The van der Waals surface area contributed by atoms with Crippen LogP contribution in [0.3, 0.4) is 0 Å². The minimum atomic E-state index is -4.41. The monoisotopic (exact) mass is 362 g/mol. The highest BCUT2D eigenvalue weighted by molar-refractivity contribution is 6.30. The summed E-state index contributed by atoms with van der Waals surface area (Å²) in [5.41, 5.74) is 0.598. The summed E-state index contributed by atoms with van der Waals surface area (Å²) < 4.78 is 36.1. The zero-order valence-electron chi connectivity index (χ0n) is 12.9. The molecule has 8 heteroatoms. The smallest absolute Gasteiger partial charge is 0.346 e. The quantitative estimate of drug-likeness (QED) is 0.819. The Balaban J connectivity index is 1.78. The molecule has 0 saturated carbocycles. The highest BCUT2D eigenvalue weighted by Gasteiger charge is 2.29. The maximum Gasteiger partial charge on any atom is 0.405 e. The van der Waals surface area contributed by atoms with Gasteiger partial charge >= 0.3 is 6.18 Å². The van der Waals surface area contributed by atoms with Gasteiger partial charge in [-0.15, -0.1) is 0 Å². The highest BCUT2D eigenvalue weighted by atomic mass is 35.5. The zero-order chi connectivity index (χ0) is 17.7. The van der Waals surface area contributed by atoms with E-state index in [2.05, 4.69) is 0 Å². The van der Waals surface area contributed by atoms with Gasteiger partial charge in [0.1, 0.15) is 6.54 Å². The first-order chi connectivity index (χ1) is 11.2. The first-order valence-electron chi connectivity index (χ1n) is 7.60. The molecule has 132 valence electrons. The van der Waals surface area contributed by atoms with Gasteiger partial charge in [0.25, 0.3) is 0 Å². The number of nitrogens with one attached hydrogen (secondary N) is 1. The van der Waals surface area contributed by atoms with Crippen LogP contribution in [0.5, 0.6) is 0 Å². The van der Waals surface area contributed by atoms with E-state index < -0.39 is 18.6 Å². The Morgan fingerprint density at radius 3 is 2.29 bits per heavy atom. The lowest BCUT2D eigenvalue weighted by Crippen LogP contribution is -2.44. The molecule has 1 aromatic rings. The van der Waals surface area contributed by atoms with E-state index >= 15 is 0 Å². The Morgan fingerprint density at radius 1 is 1.17 bits per heavy atom. The zero-order valence-corrected chi connectivity index (χ0v) is 13.7. The van der Waals surface area contributed by atoms with Gasteiger partial charge in [-0.25, -0.2) is 0 Å². The standard InChI is InChI=1S/C16H18ClF3N2O2/c17-13-3-1-11(2-4-13)15(24)12-5-7-22(8-6-12)9-14(23)21-10-16(18,19)20/h1-4,12H,5-10H2,(H,21,23). The van der Waals surface area contributed by atoms with Crippen molar-refractivity contribution < 1.29 is 22.8 Å². The topological polar surface area (TPSA) is 49.4 Å². The third-order valence-corrected chi connectivity index (χ3v) is 4.19. The van der Waals surface area contributed by atoms with Gasteiger partial charge in [0.2, 0.25) is 5.91 Å². The van der Waals surface area contributed by atoms with Crippen LogP contribution in [0, 0.1) is 5.92 Å². The molecule has 1 fully saturated rings. The minimum absolute atomic E-state index is 0.0350. The van der Waals surface area contributed by atoms with Gasteiger partial charge in [-0.3, -0.25) is 14.5 Å². The van der Waals surface area contributed by atoms with E-state index in [0.717, 1.165) is 0 Å². The fraction of sp³-hybridized carbons (Fsp3) is 0.500. The number of benzene rings is 1. The molecular formula is C16H18ClF3N2O2. The minimum Gasteiger partial charge on any atom is -0.346 e. The molecule has 1 aromatic carbocycles. The van der Waals surface area contributed by atoms with Gasteiger partial charge in [0.15, 0.2) is 5.78 Å². The van der Waals surface area contributed by atoms with Crippen LogP contribution in [-0.2, 0) is 4.79 Å². The largest absolute Gasteiger partial charge is 0.405 e. The van der Waals surface area contributed by atoms with Crippen molar-refractivity contribution in [3.05, 3.63) is 34.9 Å². The SMILES string of the molecule is O=C(CN1CCC(C(=O)c2ccc(Cl)cc2)CC1)NCC(F)(F)F. The molecule has 0 unspecified atom stereocenters. The average Bonchev–Trinajstić information content (AvgIpc) is 2.53. The summed E-state index contributed by atoms with van der Waals surface area (Å²) in [4.78, 5) is 25.6. The number of piperidine rings is 1. The van der Waals surface area contributed by atoms with E-state index in [1.165, 1.54) is 0 Å². The van der Waals surface area contributed by atoms with Crippen LogP contribution >= 0.6 is 11.6 Å². The van der Waals surface area contributed by atoms with Gasteiger partial charge in [-0.2, -0.15) is 13.2 Å². The number of alkyl halides is 3. The fourth-order valence-corrected chi connectivity index (χ4v) is 2.79. The van der Waals surface area contributed by atoms with Crippen molar-refractivity contribution in [1.29, 1.82) is 0 Å². The Morgan fingerprint density at radius 2 is 1.75 bits per heavy atom. The molecular weight excluding hydrogens is 345 g/mol. The Kier molecular flexibility index (Phi) is 6.23. The van der Waals surface area contributed by atoms with E-state index in [0.29, 0.717) is 36.5 Å². The molecule has 0 radical (unpaired) electrons. The Hall–Kier alpha value is -1.60. The molecule has 0 atom stereocenters. The Labute approximate surface area is 143 Å². The molecule has 1 N–H and O–H groups in total. The van der Waals surface area contributed by atoms with Crippen LogP contribution in [0.25, 0.3) is 0 Å². The van der Waals surface area contributed by atoms with Crippen LogP contribution in [0.2, 0.25) is 5.02 Å². The molecule has 1 amide bonds. The summed E-state index contributed by atoms with van der Waals surface area (Å²) in [5.74, 6) is -0.761. The van der Waals surface area contributed by atoms with Gasteiger partial charge in [0, 0.05) is 16.5 Å². The summed E-state index contributed by atoms with van der Waals surface area (Å²) in [6, 6.07) is 6.69. The number of rotatable bonds is 5. The fourth-order valence-electron chi connectivity index (χ4n) is 2.66. The second-order valence-electron chi connectivity index (χ2n) is 5.81. The first-order valence-corrected chi connectivity index (χ1v) is 7.98. The van der Waals surface area contributed by atoms with Crippen LogP contribution in [0.4, 0.5) is 13.2 Å². The molecule has 4 nitrogen and oxygen atoms in total. The molecule has 1 saturated heterocycles. The normalized spacial score (nSPS) is 16.8. The highest BCUT2D eigenvalue weighted by Crippen LogP contribution is 2.22. The second-order valence-corrected chi connectivity index (χ2v) is 6.25. The van der Waals surface area contributed by atoms with Crippen molar-refractivity contribution in [1.82, 2.24) is 10.2 Å². The summed E-state index contributed by atoms with van der Waals surface area (Å²) in [6.45, 7) is -0.401. The first kappa shape index (κ1) is 18.7. The van der Waals surface area contributed by atoms with E-state index in [4.69, 9.17) is 11.6 Å². The number of Topliss-reactive ketones (excluding diaryl/α,β-unsaturated/α-hetero) is 1. The number of carbonyl (C=O) groups is 2. The molecule has 1 aliphatic heterocycles. The van der Waals surface area contributed by atoms with Gasteiger partial charge in [-0.1, -0.05) is 11.6 Å². The molecule has 2 rings (SSSR count). The van der Waals surface area contributed by atoms with Crippen LogP contribution in [-0.4, -0.2) is 48.9 Å². The molecule has 0 aromatic heterocycles. The Bertz CT molecular complexity index is 582. The lowest BCUT2D eigenvalue weighted by atomic mass is 9.89. The van der Waals surface area contributed by atoms with Crippen molar-refractivity contribution in [3.8, 4) is 0 Å². The summed E-state index contributed by atoms with van der Waals surface area (Å²) >= 11 is 5.80. The molecule has 1 heterocycles. The van der Waals surface area contributed by atoms with E-state index in [1.54, 1.807) is 29.2 Å². The van der Waals surface area contributed by atoms with E-state index in [-0.39, 0.29) is 18.2 Å². The number of halogens is 4. The van der Waals surface area contributed by atoms with E-state index in [9.17, 15) is 22.8 Å². The van der Waals surface area contributed by atoms with E-state index in [1.807, 2.05) is 5.32 Å². The van der Waals surface area contributed by atoms with Gasteiger partial charge < -0.3 is 5.32 Å². The maximum absolute atomic E-state index is 12.4. The van der Waals surface area contributed by atoms with Crippen LogP contribution in [0.15, 0.2) is 24.3 Å². The van der Waals surface area contributed by atoms with Crippen molar-refractivity contribution in [2.75, 3.05) is 26.2 Å². The molecule has 1 aliphatic rings. The lowest BCUT2D eigenvalue weighted by molar-refractivity contribution is -0.139. The lowest BCUT2D eigenvalue weighted by Gasteiger charge is -2.30. The van der Waals surface area contributed by atoms with Gasteiger partial charge in [0.05, 0.1) is 6.54 Å². The molecule has 0 spiro atoms. The van der Waals surface area contributed by atoms with Crippen LogP contribution < -0.4 is 5.32 Å².